The van der Waals surface area contributed by atoms with Crippen molar-refractivity contribution in [2.45, 2.75) is 25.9 Å². The number of hydrogen-bond donors (Lipinski definition) is 2. The van der Waals surface area contributed by atoms with E-state index in [2.05, 4.69) is 38.1 Å². The fourth-order valence-electron chi connectivity index (χ4n) is 3.81. The molecule has 1 fully saturated rings. The molecule has 158 valence electrons. The molecular formula is C22H24BrFN4O2. The van der Waals surface area contributed by atoms with Crippen LogP contribution in [0.2, 0.25) is 0 Å². The summed E-state index contributed by atoms with van der Waals surface area (Å²) < 4.78 is 26.9. The summed E-state index contributed by atoms with van der Waals surface area (Å²) in [5, 5.41) is 4.01. The van der Waals surface area contributed by atoms with Crippen molar-refractivity contribution in [2.75, 3.05) is 25.9 Å². The van der Waals surface area contributed by atoms with Crippen LogP contribution in [0.3, 0.4) is 0 Å². The van der Waals surface area contributed by atoms with Gasteiger partial charge in [0.2, 0.25) is 0 Å². The molecule has 2 heterocycles. The van der Waals surface area contributed by atoms with Gasteiger partial charge < -0.3 is 20.5 Å². The van der Waals surface area contributed by atoms with Crippen molar-refractivity contribution in [3.05, 3.63) is 40.6 Å². The van der Waals surface area contributed by atoms with Crippen molar-refractivity contribution in [3.8, 4) is 22.9 Å². The molecule has 0 spiro atoms. The molecule has 1 aliphatic heterocycles. The zero-order chi connectivity index (χ0) is 21.3. The normalized spacial score (nSPS) is 15.9. The molecule has 3 N–H and O–H groups in total. The van der Waals surface area contributed by atoms with Crippen LogP contribution in [-0.2, 0) is 0 Å². The van der Waals surface area contributed by atoms with E-state index in [1.54, 1.807) is 31.4 Å². The zero-order valence-corrected chi connectivity index (χ0v) is 18.5. The van der Waals surface area contributed by atoms with E-state index in [-0.39, 0.29) is 23.3 Å². The zero-order valence-electron chi connectivity index (χ0n) is 16.9. The highest BCUT2D eigenvalue weighted by molar-refractivity contribution is 9.10. The fraction of sp³-hybridized carbons (Fsp3) is 0.364. The number of nitrogens with zero attached hydrogens (tertiary/aromatic N) is 2. The number of halogens is 2. The van der Waals surface area contributed by atoms with Gasteiger partial charge in [0.1, 0.15) is 11.6 Å². The molecule has 3 aromatic rings. The topological polar surface area (TPSA) is 82.3 Å². The van der Waals surface area contributed by atoms with Crippen molar-refractivity contribution >= 4 is 32.7 Å². The van der Waals surface area contributed by atoms with Crippen LogP contribution in [0.25, 0.3) is 22.3 Å². The maximum atomic E-state index is 14.4. The van der Waals surface area contributed by atoms with Crippen LogP contribution < -0.4 is 20.5 Å². The Balaban J connectivity index is 1.74. The first-order valence-electron chi connectivity index (χ1n) is 9.94. The number of nitrogens with one attached hydrogen (secondary N) is 1. The Kier molecular flexibility index (Phi) is 6.06. The molecular weight excluding hydrogens is 451 g/mol. The second-order valence-electron chi connectivity index (χ2n) is 7.49. The number of piperidine rings is 1. The second kappa shape index (κ2) is 8.73. The molecule has 1 saturated heterocycles. The first kappa shape index (κ1) is 20.8. The molecule has 30 heavy (non-hydrogen) atoms. The van der Waals surface area contributed by atoms with Crippen LogP contribution in [0.5, 0.6) is 11.5 Å². The maximum Gasteiger partial charge on any atom is 0.165 e. The summed E-state index contributed by atoms with van der Waals surface area (Å²) in [5.41, 5.74) is 7.04. The van der Waals surface area contributed by atoms with Gasteiger partial charge in [-0.05, 0) is 63.0 Å². The standard InChI is InChI=1S/C22H24BrFN4O2/c1-12(13-5-7-26-8-6-13)30-20-11-18-16(10-19(20)29-2)21(25)28-22(27-18)15-4-3-14(23)9-17(15)24/h3-4,9-13,26H,5-8H2,1-2H3,(H2,25,27,28). The van der Waals surface area contributed by atoms with Crippen molar-refractivity contribution in [1.82, 2.24) is 15.3 Å². The van der Waals surface area contributed by atoms with Gasteiger partial charge in [-0.1, -0.05) is 15.9 Å². The van der Waals surface area contributed by atoms with Gasteiger partial charge in [0.05, 0.1) is 24.3 Å². The number of nitrogen functional groups attached to an aromatic ring is 1. The Bertz CT molecular complexity index is 1070. The average Bonchev–Trinajstić information content (AvgIpc) is 2.74. The minimum absolute atomic E-state index is 0.0287. The lowest BCUT2D eigenvalue weighted by atomic mass is 9.93. The van der Waals surface area contributed by atoms with Crippen molar-refractivity contribution in [2.24, 2.45) is 5.92 Å². The number of anilines is 1. The predicted octanol–water partition coefficient (Wildman–Crippen LogP) is 4.56. The van der Waals surface area contributed by atoms with Crippen LogP contribution in [0.1, 0.15) is 19.8 Å². The average molecular weight is 475 g/mol. The molecule has 0 radical (unpaired) electrons. The lowest BCUT2D eigenvalue weighted by Crippen LogP contribution is -2.35. The Morgan fingerprint density at radius 2 is 1.93 bits per heavy atom. The Hall–Kier alpha value is -2.45. The van der Waals surface area contributed by atoms with Crippen LogP contribution in [-0.4, -0.2) is 36.3 Å². The highest BCUT2D eigenvalue weighted by atomic mass is 79.9. The molecule has 4 rings (SSSR count). The van der Waals surface area contributed by atoms with E-state index < -0.39 is 5.82 Å². The largest absolute Gasteiger partial charge is 0.493 e. The molecule has 1 atom stereocenters. The van der Waals surface area contributed by atoms with Crippen molar-refractivity contribution < 1.29 is 13.9 Å². The summed E-state index contributed by atoms with van der Waals surface area (Å²) in [4.78, 5) is 8.87. The number of hydrogen-bond acceptors (Lipinski definition) is 6. The number of fused-ring (bicyclic) bond motifs is 1. The molecule has 8 heteroatoms. The van der Waals surface area contributed by atoms with E-state index >= 15 is 0 Å². The molecule has 0 aliphatic carbocycles. The third-order valence-electron chi connectivity index (χ3n) is 5.54. The Labute approximate surface area is 183 Å². The molecule has 0 amide bonds. The Morgan fingerprint density at radius 3 is 2.63 bits per heavy atom. The second-order valence-corrected chi connectivity index (χ2v) is 8.40. The summed E-state index contributed by atoms with van der Waals surface area (Å²) in [5.74, 6) is 1.70. The molecule has 0 bridgehead atoms. The SMILES string of the molecule is COc1cc2c(N)nc(-c3ccc(Br)cc3F)nc2cc1OC(C)C1CCNCC1. The van der Waals surface area contributed by atoms with Crippen molar-refractivity contribution in [3.63, 3.8) is 0 Å². The minimum Gasteiger partial charge on any atom is -0.493 e. The van der Waals surface area contributed by atoms with Crippen LogP contribution in [0.15, 0.2) is 34.8 Å². The summed E-state index contributed by atoms with van der Waals surface area (Å²) in [6.45, 7) is 4.08. The van der Waals surface area contributed by atoms with Gasteiger partial charge in [0, 0.05) is 15.9 Å². The van der Waals surface area contributed by atoms with Gasteiger partial charge >= 0.3 is 0 Å². The highest BCUT2D eigenvalue weighted by Crippen LogP contribution is 2.36. The van der Waals surface area contributed by atoms with E-state index in [1.165, 1.54) is 6.07 Å². The van der Waals surface area contributed by atoms with E-state index in [0.29, 0.717) is 32.8 Å². The number of aromatic nitrogens is 2. The van der Waals surface area contributed by atoms with Crippen LogP contribution in [0.4, 0.5) is 10.2 Å². The van der Waals surface area contributed by atoms with Gasteiger partial charge in [-0.2, -0.15) is 0 Å². The van der Waals surface area contributed by atoms with Gasteiger partial charge in [0.15, 0.2) is 17.3 Å². The maximum absolute atomic E-state index is 14.4. The lowest BCUT2D eigenvalue weighted by Gasteiger charge is -2.29. The smallest absolute Gasteiger partial charge is 0.165 e. The van der Waals surface area contributed by atoms with E-state index in [1.807, 2.05) is 0 Å². The molecule has 2 aromatic carbocycles. The van der Waals surface area contributed by atoms with Gasteiger partial charge in [0.25, 0.3) is 0 Å². The third-order valence-corrected chi connectivity index (χ3v) is 6.04. The van der Waals surface area contributed by atoms with E-state index in [4.69, 9.17) is 15.2 Å². The summed E-state index contributed by atoms with van der Waals surface area (Å²) in [6, 6.07) is 8.31. The van der Waals surface area contributed by atoms with E-state index in [0.717, 1.165) is 25.9 Å². The summed E-state index contributed by atoms with van der Waals surface area (Å²) in [6.07, 6.45) is 2.17. The predicted molar refractivity (Wildman–Crippen MR) is 119 cm³/mol. The monoisotopic (exact) mass is 474 g/mol. The minimum atomic E-state index is -0.423. The molecule has 1 aromatic heterocycles. The number of methoxy groups -OCH3 is 1. The Morgan fingerprint density at radius 1 is 1.17 bits per heavy atom. The first-order chi connectivity index (χ1) is 14.5. The lowest BCUT2D eigenvalue weighted by molar-refractivity contribution is 0.124. The highest BCUT2D eigenvalue weighted by Gasteiger charge is 2.23. The van der Waals surface area contributed by atoms with Crippen molar-refractivity contribution in [1.29, 1.82) is 0 Å². The van der Waals surface area contributed by atoms with Crippen LogP contribution in [0, 0.1) is 11.7 Å². The number of benzene rings is 2. The summed E-state index contributed by atoms with van der Waals surface area (Å²) >= 11 is 3.26. The summed E-state index contributed by atoms with van der Waals surface area (Å²) in [7, 11) is 1.59. The molecule has 1 unspecified atom stereocenters. The fourth-order valence-corrected chi connectivity index (χ4v) is 4.15. The number of ether oxygens (including phenoxy) is 2. The third kappa shape index (κ3) is 4.20. The molecule has 1 aliphatic rings. The van der Waals surface area contributed by atoms with Gasteiger partial charge in [-0.15, -0.1) is 0 Å². The first-order valence-corrected chi connectivity index (χ1v) is 10.7. The molecule has 6 nitrogen and oxygen atoms in total. The van der Waals surface area contributed by atoms with Crippen LogP contribution >= 0.6 is 15.9 Å². The van der Waals surface area contributed by atoms with Gasteiger partial charge in [-0.25, -0.2) is 14.4 Å². The number of rotatable bonds is 5. The number of nitrogens with two attached hydrogens (primary N) is 1. The van der Waals surface area contributed by atoms with E-state index in [9.17, 15) is 4.39 Å². The molecule has 0 saturated carbocycles. The quantitative estimate of drug-likeness (QED) is 0.563. The van der Waals surface area contributed by atoms with Gasteiger partial charge in [-0.3, -0.25) is 0 Å².